The molecule has 0 aliphatic heterocycles. The minimum atomic E-state index is 0. The molecule has 0 aliphatic rings. The zero-order chi connectivity index (χ0) is 15.3. The predicted molar refractivity (Wildman–Crippen MR) is 112 cm³/mol. The fourth-order valence-electron chi connectivity index (χ4n) is 1.83. The Morgan fingerprint density at radius 1 is 1.32 bits per heavy atom. The third-order valence-electron chi connectivity index (χ3n) is 2.95. The fraction of sp³-hybridized carbons (Fsp3) is 0.733. The lowest BCUT2D eigenvalue weighted by Crippen LogP contribution is -2.38. The number of thioether (sulfide) groups is 1. The van der Waals surface area contributed by atoms with Crippen LogP contribution in [0.4, 0.5) is 0 Å². The topological polar surface area (TPSA) is 49.3 Å². The minimum Gasteiger partial charge on any atom is -0.357 e. The molecule has 0 saturated carbocycles. The van der Waals surface area contributed by atoms with Crippen molar-refractivity contribution in [2.75, 3.05) is 31.6 Å². The van der Waals surface area contributed by atoms with Gasteiger partial charge in [-0.25, -0.2) is 4.98 Å². The molecule has 0 fully saturated rings. The average Bonchev–Trinajstić information content (AvgIpc) is 2.95. The minimum absolute atomic E-state index is 0. The summed E-state index contributed by atoms with van der Waals surface area (Å²) in [6.07, 6.45) is 6.52. The fourth-order valence-corrected chi connectivity index (χ4v) is 3.10. The van der Waals surface area contributed by atoms with Crippen LogP contribution in [0.1, 0.15) is 37.4 Å². The standard InChI is InChI=1S/C15H28N4S2.HI/c1-4-14-19-13(12-21-14)8-10-18-15(16-5-2)17-9-6-7-11-20-3;/h12H,4-11H2,1-3H3,(H2,16,17,18);1H. The molecule has 128 valence electrons. The highest BCUT2D eigenvalue weighted by Crippen LogP contribution is 2.10. The zero-order valence-corrected chi connectivity index (χ0v) is 17.8. The normalized spacial score (nSPS) is 11.1. The molecule has 0 aromatic carbocycles. The Labute approximate surface area is 160 Å². The number of aryl methyl sites for hydroxylation is 1. The van der Waals surface area contributed by atoms with Gasteiger partial charge in [0.25, 0.3) is 0 Å². The van der Waals surface area contributed by atoms with Crippen molar-refractivity contribution in [3.05, 3.63) is 16.1 Å². The Bertz CT molecular complexity index is 410. The first-order valence-electron chi connectivity index (χ1n) is 7.74. The monoisotopic (exact) mass is 456 g/mol. The van der Waals surface area contributed by atoms with E-state index in [0.717, 1.165) is 44.9 Å². The number of aromatic nitrogens is 1. The maximum atomic E-state index is 4.61. The first-order chi connectivity index (χ1) is 10.3. The highest BCUT2D eigenvalue weighted by atomic mass is 127. The summed E-state index contributed by atoms with van der Waals surface area (Å²) >= 11 is 3.65. The molecule has 1 aromatic rings. The van der Waals surface area contributed by atoms with E-state index < -0.39 is 0 Å². The quantitative estimate of drug-likeness (QED) is 0.245. The number of aliphatic imine (C=N–C) groups is 1. The van der Waals surface area contributed by atoms with E-state index in [1.165, 1.54) is 22.9 Å². The van der Waals surface area contributed by atoms with E-state index in [2.05, 4.69) is 46.1 Å². The second-order valence-electron chi connectivity index (χ2n) is 4.72. The summed E-state index contributed by atoms with van der Waals surface area (Å²) in [6.45, 7) is 6.91. The highest BCUT2D eigenvalue weighted by Gasteiger charge is 2.01. The van der Waals surface area contributed by atoms with Crippen LogP contribution in [-0.4, -0.2) is 42.6 Å². The summed E-state index contributed by atoms with van der Waals surface area (Å²) in [5.74, 6) is 2.15. The van der Waals surface area contributed by atoms with Gasteiger partial charge in [-0.05, 0) is 38.2 Å². The van der Waals surface area contributed by atoms with Gasteiger partial charge in [0.1, 0.15) is 0 Å². The zero-order valence-electron chi connectivity index (χ0n) is 13.9. The molecular weight excluding hydrogens is 427 g/mol. The molecule has 0 bridgehead atoms. The second kappa shape index (κ2) is 14.6. The van der Waals surface area contributed by atoms with Crippen molar-refractivity contribution in [2.45, 2.75) is 39.5 Å². The molecule has 1 heterocycles. The van der Waals surface area contributed by atoms with Gasteiger partial charge in [0.15, 0.2) is 5.96 Å². The Morgan fingerprint density at radius 2 is 2.14 bits per heavy atom. The molecule has 0 unspecified atom stereocenters. The second-order valence-corrected chi connectivity index (χ2v) is 6.65. The molecule has 0 atom stereocenters. The summed E-state index contributed by atoms with van der Waals surface area (Å²) in [5, 5.41) is 10.1. The van der Waals surface area contributed by atoms with Crippen molar-refractivity contribution in [1.29, 1.82) is 0 Å². The molecule has 2 N–H and O–H groups in total. The van der Waals surface area contributed by atoms with E-state index in [1.807, 2.05) is 11.8 Å². The lowest BCUT2D eigenvalue weighted by atomic mass is 10.3. The van der Waals surface area contributed by atoms with Gasteiger partial charge in [0.2, 0.25) is 0 Å². The van der Waals surface area contributed by atoms with E-state index >= 15 is 0 Å². The average molecular weight is 456 g/mol. The molecule has 0 amide bonds. The van der Waals surface area contributed by atoms with E-state index in [9.17, 15) is 0 Å². The van der Waals surface area contributed by atoms with E-state index in [0.29, 0.717) is 0 Å². The number of thiazole rings is 1. The Hall–Kier alpha value is -0.0200. The maximum Gasteiger partial charge on any atom is 0.191 e. The van der Waals surface area contributed by atoms with Crippen LogP contribution in [0.3, 0.4) is 0 Å². The molecule has 0 spiro atoms. The Balaban J connectivity index is 0.00000441. The van der Waals surface area contributed by atoms with Crippen molar-refractivity contribution >= 4 is 53.0 Å². The number of nitrogens with zero attached hydrogens (tertiary/aromatic N) is 2. The van der Waals surface area contributed by atoms with E-state index in [4.69, 9.17) is 0 Å². The summed E-state index contributed by atoms with van der Waals surface area (Å²) in [4.78, 5) is 9.19. The lowest BCUT2D eigenvalue weighted by molar-refractivity contribution is 0.766. The van der Waals surface area contributed by atoms with Crippen LogP contribution >= 0.6 is 47.1 Å². The molecule has 1 aromatic heterocycles. The molecule has 4 nitrogen and oxygen atoms in total. The van der Waals surface area contributed by atoms with Gasteiger partial charge in [-0.15, -0.1) is 35.3 Å². The van der Waals surface area contributed by atoms with Gasteiger partial charge in [0.05, 0.1) is 10.7 Å². The molecule has 22 heavy (non-hydrogen) atoms. The summed E-state index contributed by atoms with van der Waals surface area (Å²) in [5.41, 5.74) is 1.18. The SMILES string of the molecule is CCNC(=NCCCCSC)NCCc1csc(CC)n1.I. The van der Waals surface area contributed by atoms with E-state index in [1.54, 1.807) is 11.3 Å². The van der Waals surface area contributed by atoms with Gasteiger partial charge in [-0.1, -0.05) is 6.92 Å². The van der Waals surface area contributed by atoms with Crippen molar-refractivity contribution in [1.82, 2.24) is 15.6 Å². The number of halogens is 1. The summed E-state index contributed by atoms with van der Waals surface area (Å²) in [7, 11) is 0. The van der Waals surface area contributed by atoms with Gasteiger partial charge in [-0.3, -0.25) is 4.99 Å². The predicted octanol–water partition coefficient (Wildman–Crippen LogP) is 3.56. The Morgan fingerprint density at radius 3 is 2.77 bits per heavy atom. The van der Waals surface area contributed by atoms with Crippen molar-refractivity contribution in [2.24, 2.45) is 4.99 Å². The summed E-state index contributed by atoms with van der Waals surface area (Å²) in [6, 6.07) is 0. The number of unbranched alkanes of at least 4 members (excludes halogenated alkanes) is 1. The van der Waals surface area contributed by atoms with Crippen LogP contribution in [0.5, 0.6) is 0 Å². The third-order valence-corrected chi connectivity index (χ3v) is 4.68. The van der Waals surface area contributed by atoms with Gasteiger partial charge in [0, 0.05) is 31.4 Å². The van der Waals surface area contributed by atoms with Gasteiger partial charge in [-0.2, -0.15) is 11.8 Å². The van der Waals surface area contributed by atoms with Crippen molar-refractivity contribution in [3.63, 3.8) is 0 Å². The first-order valence-corrected chi connectivity index (χ1v) is 10.0. The number of nitrogens with one attached hydrogen (secondary N) is 2. The smallest absolute Gasteiger partial charge is 0.191 e. The van der Waals surface area contributed by atoms with Crippen LogP contribution in [-0.2, 0) is 12.8 Å². The molecule has 0 radical (unpaired) electrons. The maximum absolute atomic E-state index is 4.61. The Kier molecular flexibility index (Phi) is 14.6. The van der Waals surface area contributed by atoms with Crippen LogP contribution in [0.25, 0.3) is 0 Å². The van der Waals surface area contributed by atoms with Crippen LogP contribution in [0, 0.1) is 0 Å². The van der Waals surface area contributed by atoms with E-state index in [-0.39, 0.29) is 24.0 Å². The molecule has 1 rings (SSSR count). The third kappa shape index (κ3) is 9.89. The molecule has 0 aliphatic carbocycles. The van der Waals surface area contributed by atoms with Gasteiger partial charge < -0.3 is 10.6 Å². The largest absolute Gasteiger partial charge is 0.357 e. The first kappa shape index (κ1) is 22.0. The lowest BCUT2D eigenvalue weighted by Gasteiger charge is -2.10. The number of hydrogen-bond donors (Lipinski definition) is 2. The van der Waals surface area contributed by atoms with Gasteiger partial charge >= 0.3 is 0 Å². The molecule has 7 heteroatoms. The van der Waals surface area contributed by atoms with Crippen molar-refractivity contribution < 1.29 is 0 Å². The number of guanidine groups is 1. The number of rotatable bonds is 10. The molecular formula is C15H29IN4S2. The molecule has 0 saturated heterocycles. The van der Waals surface area contributed by atoms with Crippen LogP contribution in [0.15, 0.2) is 10.4 Å². The van der Waals surface area contributed by atoms with Crippen LogP contribution < -0.4 is 10.6 Å². The van der Waals surface area contributed by atoms with Crippen LogP contribution in [0.2, 0.25) is 0 Å². The summed E-state index contributed by atoms with van der Waals surface area (Å²) < 4.78 is 0. The number of hydrogen-bond acceptors (Lipinski definition) is 4. The van der Waals surface area contributed by atoms with Crippen molar-refractivity contribution in [3.8, 4) is 0 Å². The highest BCUT2D eigenvalue weighted by molar-refractivity contribution is 14.0.